The van der Waals surface area contributed by atoms with Gasteiger partial charge in [0.2, 0.25) is 0 Å². The first kappa shape index (κ1) is 23.9. The fourth-order valence-corrected chi connectivity index (χ4v) is 2.95. The molecule has 152 valence electrons. The fourth-order valence-electron chi connectivity index (χ4n) is 2.95. The zero-order valence-corrected chi connectivity index (χ0v) is 16.9. The Balaban J connectivity index is 0.00000196. The molecule has 1 atom stereocenters. The number of nitrogens with two attached hydrogens (primary N) is 2. The molecule has 1 unspecified atom stereocenters. The highest BCUT2D eigenvalue weighted by Crippen LogP contribution is 2.28. The van der Waals surface area contributed by atoms with Crippen LogP contribution in [0.2, 0.25) is 0 Å². The molecule has 5 nitrogen and oxygen atoms in total. The fraction of sp³-hybridized carbons (Fsp3) is 0.250. The molecule has 0 spiro atoms. The van der Waals surface area contributed by atoms with Crippen molar-refractivity contribution in [3.8, 4) is 11.1 Å². The summed E-state index contributed by atoms with van der Waals surface area (Å²) in [7, 11) is 0. The van der Waals surface area contributed by atoms with Crippen molar-refractivity contribution in [2.75, 3.05) is 13.1 Å². The van der Waals surface area contributed by atoms with E-state index in [1.54, 1.807) is 12.1 Å². The summed E-state index contributed by atoms with van der Waals surface area (Å²) in [6, 6.07) is 13.8. The van der Waals surface area contributed by atoms with Gasteiger partial charge in [-0.15, -0.1) is 24.8 Å². The number of rotatable bonds is 7. The zero-order valence-electron chi connectivity index (χ0n) is 15.3. The van der Waals surface area contributed by atoms with Crippen molar-refractivity contribution < 1.29 is 9.18 Å². The minimum absolute atomic E-state index is 0. The minimum Gasteiger partial charge on any atom is -0.350 e. The van der Waals surface area contributed by atoms with Crippen LogP contribution in [0, 0.1) is 5.82 Å². The normalized spacial score (nSPS) is 11.4. The van der Waals surface area contributed by atoms with Gasteiger partial charge < -0.3 is 21.8 Å². The van der Waals surface area contributed by atoms with Crippen molar-refractivity contribution in [1.82, 2.24) is 10.3 Å². The highest BCUT2D eigenvalue weighted by Gasteiger charge is 2.13. The van der Waals surface area contributed by atoms with Crippen LogP contribution in [0.5, 0.6) is 0 Å². The molecule has 0 aliphatic rings. The Morgan fingerprint density at radius 1 is 1.14 bits per heavy atom. The van der Waals surface area contributed by atoms with Gasteiger partial charge in [-0.3, -0.25) is 4.79 Å². The van der Waals surface area contributed by atoms with E-state index in [0.717, 1.165) is 34.9 Å². The summed E-state index contributed by atoms with van der Waals surface area (Å²) in [5, 5.41) is 3.77. The molecule has 0 fully saturated rings. The predicted molar refractivity (Wildman–Crippen MR) is 117 cm³/mol. The average Bonchev–Trinajstić information content (AvgIpc) is 3.09. The van der Waals surface area contributed by atoms with E-state index in [9.17, 15) is 9.18 Å². The van der Waals surface area contributed by atoms with Gasteiger partial charge in [0.05, 0.1) is 5.52 Å². The molecule has 6 N–H and O–H groups in total. The SMILES string of the molecule is Cl.Cl.NCCCC(N)CNC(=O)c1cc2cccc(-c3ccc(F)cc3)c2[nH]1. The Hall–Kier alpha value is -2.12. The van der Waals surface area contributed by atoms with Crippen molar-refractivity contribution in [3.63, 3.8) is 0 Å². The third-order valence-corrected chi connectivity index (χ3v) is 4.36. The first-order valence-electron chi connectivity index (χ1n) is 8.70. The second-order valence-corrected chi connectivity index (χ2v) is 6.36. The number of nitrogens with one attached hydrogen (secondary N) is 2. The molecule has 3 aromatic rings. The van der Waals surface area contributed by atoms with Crippen LogP contribution in [-0.2, 0) is 0 Å². The summed E-state index contributed by atoms with van der Waals surface area (Å²) < 4.78 is 13.2. The van der Waals surface area contributed by atoms with Gasteiger partial charge >= 0.3 is 0 Å². The van der Waals surface area contributed by atoms with Gasteiger partial charge in [-0.1, -0.05) is 30.3 Å². The molecule has 8 heteroatoms. The molecule has 1 aromatic heterocycles. The number of hydrogen-bond donors (Lipinski definition) is 4. The lowest BCUT2D eigenvalue weighted by atomic mass is 10.0. The summed E-state index contributed by atoms with van der Waals surface area (Å²) in [5.74, 6) is -0.479. The van der Waals surface area contributed by atoms with Gasteiger partial charge in [0.25, 0.3) is 5.91 Å². The second-order valence-electron chi connectivity index (χ2n) is 6.36. The molecule has 0 aliphatic carbocycles. The van der Waals surface area contributed by atoms with E-state index in [0.29, 0.717) is 18.8 Å². The number of H-pyrrole nitrogens is 1. The minimum atomic E-state index is -0.279. The number of benzene rings is 2. The van der Waals surface area contributed by atoms with Crippen LogP contribution in [-0.4, -0.2) is 30.0 Å². The second kappa shape index (κ2) is 11.0. The van der Waals surface area contributed by atoms with E-state index < -0.39 is 0 Å². The van der Waals surface area contributed by atoms with Crippen molar-refractivity contribution in [1.29, 1.82) is 0 Å². The van der Waals surface area contributed by atoms with Crippen molar-refractivity contribution in [3.05, 3.63) is 60.0 Å². The summed E-state index contributed by atoms with van der Waals surface area (Å²) in [5.41, 5.74) is 14.5. The first-order chi connectivity index (χ1) is 12.6. The molecule has 0 bridgehead atoms. The highest BCUT2D eigenvalue weighted by molar-refractivity contribution is 6.02. The monoisotopic (exact) mass is 426 g/mol. The maximum Gasteiger partial charge on any atom is 0.267 e. The van der Waals surface area contributed by atoms with Gasteiger partial charge in [0.15, 0.2) is 0 Å². The number of para-hydroxylation sites is 1. The van der Waals surface area contributed by atoms with E-state index in [1.807, 2.05) is 24.3 Å². The maximum atomic E-state index is 13.2. The van der Waals surface area contributed by atoms with Crippen LogP contribution in [0.4, 0.5) is 4.39 Å². The standard InChI is InChI=1S/C20H23FN4O.2ClH/c21-15-8-6-13(7-9-15)17-5-1-3-14-11-18(25-19(14)17)20(26)24-12-16(23)4-2-10-22;;/h1,3,5-9,11,16,25H,2,4,10,12,22-23H2,(H,24,26);2*1H. The van der Waals surface area contributed by atoms with Crippen LogP contribution >= 0.6 is 24.8 Å². The van der Waals surface area contributed by atoms with E-state index in [2.05, 4.69) is 10.3 Å². The molecular formula is C20H25Cl2FN4O. The molecular weight excluding hydrogens is 402 g/mol. The highest BCUT2D eigenvalue weighted by atomic mass is 35.5. The van der Waals surface area contributed by atoms with E-state index in [-0.39, 0.29) is 42.6 Å². The first-order valence-corrected chi connectivity index (χ1v) is 8.70. The maximum absolute atomic E-state index is 13.2. The van der Waals surface area contributed by atoms with Crippen molar-refractivity contribution in [2.45, 2.75) is 18.9 Å². The number of fused-ring (bicyclic) bond motifs is 1. The number of halogens is 3. The zero-order chi connectivity index (χ0) is 18.5. The number of aromatic amines is 1. The van der Waals surface area contributed by atoms with Crippen LogP contribution < -0.4 is 16.8 Å². The molecule has 28 heavy (non-hydrogen) atoms. The number of aromatic nitrogens is 1. The molecule has 0 aliphatic heterocycles. The Morgan fingerprint density at radius 2 is 1.86 bits per heavy atom. The van der Waals surface area contributed by atoms with Crippen LogP contribution in [0.1, 0.15) is 23.3 Å². The molecule has 0 saturated heterocycles. The number of hydrogen-bond acceptors (Lipinski definition) is 3. The third-order valence-electron chi connectivity index (χ3n) is 4.36. The summed E-state index contributed by atoms with van der Waals surface area (Å²) >= 11 is 0. The smallest absolute Gasteiger partial charge is 0.267 e. The van der Waals surface area contributed by atoms with Gasteiger partial charge in [-0.25, -0.2) is 4.39 Å². The number of amides is 1. The predicted octanol–water partition coefficient (Wildman–Crippen LogP) is 3.61. The van der Waals surface area contributed by atoms with Gasteiger partial charge in [0, 0.05) is 23.5 Å². The van der Waals surface area contributed by atoms with Gasteiger partial charge in [-0.05, 0) is 43.1 Å². The van der Waals surface area contributed by atoms with Crippen LogP contribution in [0.15, 0.2) is 48.5 Å². The van der Waals surface area contributed by atoms with Crippen molar-refractivity contribution in [2.24, 2.45) is 11.5 Å². The molecule has 0 radical (unpaired) electrons. The van der Waals surface area contributed by atoms with Gasteiger partial charge in [-0.2, -0.15) is 0 Å². The Bertz CT molecular complexity index is 899. The van der Waals surface area contributed by atoms with Crippen LogP contribution in [0.25, 0.3) is 22.0 Å². The van der Waals surface area contributed by atoms with Crippen molar-refractivity contribution >= 4 is 41.6 Å². The summed E-state index contributed by atoms with van der Waals surface area (Å²) in [4.78, 5) is 15.6. The van der Waals surface area contributed by atoms with Gasteiger partial charge in [0.1, 0.15) is 11.5 Å². The quantitative estimate of drug-likeness (QED) is 0.464. The van der Waals surface area contributed by atoms with E-state index in [1.165, 1.54) is 12.1 Å². The lowest BCUT2D eigenvalue weighted by Gasteiger charge is -2.11. The van der Waals surface area contributed by atoms with Crippen LogP contribution in [0.3, 0.4) is 0 Å². The molecule has 0 saturated carbocycles. The lowest BCUT2D eigenvalue weighted by Crippen LogP contribution is -2.37. The average molecular weight is 427 g/mol. The Morgan fingerprint density at radius 3 is 2.54 bits per heavy atom. The summed E-state index contributed by atoms with van der Waals surface area (Å²) in [6.07, 6.45) is 1.61. The number of carbonyl (C=O) groups excluding carboxylic acids is 1. The molecule has 1 heterocycles. The third kappa shape index (κ3) is 5.69. The molecule has 1 amide bonds. The Kier molecular flexibility index (Phi) is 9.41. The molecule has 2 aromatic carbocycles. The Labute approximate surface area is 175 Å². The van der Waals surface area contributed by atoms with E-state index >= 15 is 0 Å². The summed E-state index contributed by atoms with van der Waals surface area (Å²) in [6.45, 7) is 0.995. The topological polar surface area (TPSA) is 96.9 Å². The largest absolute Gasteiger partial charge is 0.350 e. The molecule has 3 rings (SSSR count). The lowest BCUT2D eigenvalue weighted by molar-refractivity contribution is 0.0946. The number of carbonyl (C=O) groups is 1. The van der Waals surface area contributed by atoms with E-state index in [4.69, 9.17) is 11.5 Å².